The van der Waals surface area contributed by atoms with Crippen LogP contribution in [0.15, 0.2) is 30.3 Å². The molecule has 3 rings (SSSR count). The quantitative estimate of drug-likeness (QED) is 0.765. The van der Waals surface area contributed by atoms with E-state index < -0.39 is 0 Å². The van der Waals surface area contributed by atoms with E-state index in [4.69, 9.17) is 0 Å². The van der Waals surface area contributed by atoms with Gasteiger partial charge in [0, 0.05) is 51.2 Å². The van der Waals surface area contributed by atoms with E-state index in [-0.39, 0.29) is 11.7 Å². The molecule has 1 aliphatic heterocycles. The van der Waals surface area contributed by atoms with Crippen molar-refractivity contribution in [3.05, 3.63) is 47.5 Å². The van der Waals surface area contributed by atoms with E-state index in [9.17, 15) is 9.18 Å². The highest BCUT2D eigenvalue weighted by atomic mass is 19.1. The molecule has 28 heavy (non-hydrogen) atoms. The lowest BCUT2D eigenvalue weighted by Crippen LogP contribution is -2.47. The third-order valence-corrected chi connectivity index (χ3v) is 5.01. The number of amides is 1. The SMILES string of the molecule is CCCCN(C)C(=O)c1cc(C)nc(N2CCN(c3ccc(F)cc3)CC2)n1. The smallest absolute Gasteiger partial charge is 0.272 e. The van der Waals surface area contributed by atoms with Gasteiger partial charge in [-0.25, -0.2) is 14.4 Å². The maximum atomic E-state index is 13.1. The normalized spacial score (nSPS) is 14.3. The van der Waals surface area contributed by atoms with E-state index in [1.54, 1.807) is 23.1 Å². The van der Waals surface area contributed by atoms with E-state index in [0.29, 0.717) is 11.6 Å². The average molecular weight is 385 g/mol. The number of anilines is 2. The fourth-order valence-corrected chi connectivity index (χ4v) is 3.31. The van der Waals surface area contributed by atoms with Crippen LogP contribution < -0.4 is 9.80 Å². The number of carbonyl (C=O) groups is 1. The summed E-state index contributed by atoms with van der Waals surface area (Å²) in [4.78, 5) is 27.8. The number of carbonyl (C=O) groups excluding carboxylic acids is 1. The molecule has 0 aliphatic carbocycles. The number of hydrogen-bond acceptors (Lipinski definition) is 5. The molecule has 150 valence electrons. The number of rotatable bonds is 6. The first kappa shape index (κ1) is 20.0. The lowest BCUT2D eigenvalue weighted by atomic mass is 10.2. The summed E-state index contributed by atoms with van der Waals surface area (Å²) in [5.41, 5.74) is 2.25. The Balaban J connectivity index is 1.68. The van der Waals surface area contributed by atoms with Crippen molar-refractivity contribution >= 4 is 17.5 Å². The third-order valence-electron chi connectivity index (χ3n) is 5.01. The highest BCUT2D eigenvalue weighted by Crippen LogP contribution is 2.19. The predicted molar refractivity (Wildman–Crippen MR) is 109 cm³/mol. The molecule has 0 saturated carbocycles. The van der Waals surface area contributed by atoms with Gasteiger partial charge in [0.25, 0.3) is 5.91 Å². The molecule has 1 saturated heterocycles. The van der Waals surface area contributed by atoms with Crippen LogP contribution in [-0.2, 0) is 0 Å². The molecular formula is C21H28FN5O. The van der Waals surface area contributed by atoms with Gasteiger partial charge in [-0.3, -0.25) is 4.79 Å². The fraction of sp³-hybridized carbons (Fsp3) is 0.476. The van der Waals surface area contributed by atoms with E-state index in [0.717, 1.165) is 56.9 Å². The van der Waals surface area contributed by atoms with Crippen molar-refractivity contribution < 1.29 is 9.18 Å². The van der Waals surface area contributed by atoms with Crippen molar-refractivity contribution in [1.82, 2.24) is 14.9 Å². The Morgan fingerprint density at radius 3 is 2.39 bits per heavy atom. The second kappa shape index (κ2) is 8.99. The molecule has 1 aromatic heterocycles. The van der Waals surface area contributed by atoms with Crippen molar-refractivity contribution in [3.8, 4) is 0 Å². The zero-order valence-corrected chi connectivity index (χ0v) is 16.9. The Bertz CT molecular complexity index is 803. The minimum absolute atomic E-state index is 0.0647. The van der Waals surface area contributed by atoms with E-state index in [1.807, 2.05) is 14.0 Å². The largest absolute Gasteiger partial charge is 0.368 e. The van der Waals surface area contributed by atoms with Crippen molar-refractivity contribution in [3.63, 3.8) is 0 Å². The number of benzene rings is 1. The topological polar surface area (TPSA) is 52.6 Å². The second-order valence-corrected chi connectivity index (χ2v) is 7.23. The molecule has 1 fully saturated rings. The van der Waals surface area contributed by atoms with Crippen LogP contribution in [-0.4, -0.2) is 60.5 Å². The van der Waals surface area contributed by atoms with Crippen LogP contribution in [0, 0.1) is 12.7 Å². The first-order valence-electron chi connectivity index (χ1n) is 9.84. The van der Waals surface area contributed by atoms with Crippen molar-refractivity contribution in [1.29, 1.82) is 0 Å². The van der Waals surface area contributed by atoms with Gasteiger partial charge < -0.3 is 14.7 Å². The number of unbranched alkanes of at least 4 members (excludes halogenated alkanes) is 1. The summed E-state index contributed by atoms with van der Waals surface area (Å²) < 4.78 is 13.1. The van der Waals surface area contributed by atoms with Crippen LogP contribution in [0.3, 0.4) is 0 Å². The van der Waals surface area contributed by atoms with Crippen LogP contribution in [0.5, 0.6) is 0 Å². The first-order valence-corrected chi connectivity index (χ1v) is 9.84. The van der Waals surface area contributed by atoms with Crippen LogP contribution in [0.1, 0.15) is 35.9 Å². The van der Waals surface area contributed by atoms with Gasteiger partial charge in [-0.2, -0.15) is 0 Å². The molecule has 0 spiro atoms. The number of piperazine rings is 1. The first-order chi connectivity index (χ1) is 13.5. The summed E-state index contributed by atoms with van der Waals surface area (Å²) in [5, 5.41) is 0. The maximum Gasteiger partial charge on any atom is 0.272 e. The summed E-state index contributed by atoms with van der Waals surface area (Å²) in [7, 11) is 1.82. The summed E-state index contributed by atoms with van der Waals surface area (Å²) in [6, 6.07) is 8.33. The number of aromatic nitrogens is 2. The van der Waals surface area contributed by atoms with Gasteiger partial charge in [0.2, 0.25) is 5.95 Å². The van der Waals surface area contributed by atoms with Gasteiger partial charge in [0.15, 0.2) is 0 Å². The van der Waals surface area contributed by atoms with Crippen molar-refractivity contribution in [2.75, 3.05) is 49.6 Å². The highest BCUT2D eigenvalue weighted by molar-refractivity contribution is 5.92. The van der Waals surface area contributed by atoms with E-state index >= 15 is 0 Å². The molecule has 0 bridgehead atoms. The maximum absolute atomic E-state index is 13.1. The number of nitrogens with zero attached hydrogens (tertiary/aromatic N) is 5. The molecule has 0 radical (unpaired) electrons. The summed E-state index contributed by atoms with van der Waals surface area (Å²) >= 11 is 0. The summed E-state index contributed by atoms with van der Waals surface area (Å²) in [6.07, 6.45) is 2.02. The third kappa shape index (κ3) is 4.77. The van der Waals surface area contributed by atoms with Gasteiger partial charge >= 0.3 is 0 Å². The Labute approximate surface area is 166 Å². The Morgan fingerprint density at radius 2 is 1.75 bits per heavy atom. The molecule has 2 aromatic rings. The number of halogens is 1. The number of hydrogen-bond donors (Lipinski definition) is 0. The van der Waals surface area contributed by atoms with Crippen LogP contribution >= 0.6 is 0 Å². The van der Waals surface area contributed by atoms with Gasteiger partial charge in [0.05, 0.1) is 0 Å². The van der Waals surface area contributed by atoms with Gasteiger partial charge in [-0.05, 0) is 43.7 Å². The zero-order valence-electron chi connectivity index (χ0n) is 16.9. The minimum atomic E-state index is -0.225. The molecule has 2 heterocycles. The van der Waals surface area contributed by atoms with E-state index in [2.05, 4.69) is 26.7 Å². The number of aryl methyl sites for hydroxylation is 1. The van der Waals surface area contributed by atoms with Crippen molar-refractivity contribution in [2.45, 2.75) is 26.7 Å². The lowest BCUT2D eigenvalue weighted by molar-refractivity contribution is 0.0787. The standard InChI is InChI=1S/C21H28FN5O/c1-4-5-10-25(3)20(28)19-15-16(2)23-21(24-19)27-13-11-26(12-14-27)18-8-6-17(22)7-9-18/h6-9,15H,4-5,10-14H2,1-3H3. The summed E-state index contributed by atoms with van der Waals surface area (Å²) in [6.45, 7) is 7.81. The molecule has 1 aliphatic rings. The monoisotopic (exact) mass is 385 g/mol. The molecule has 0 unspecified atom stereocenters. The fourth-order valence-electron chi connectivity index (χ4n) is 3.31. The average Bonchev–Trinajstić information content (AvgIpc) is 2.71. The Kier molecular flexibility index (Phi) is 6.44. The molecular weight excluding hydrogens is 357 g/mol. The van der Waals surface area contributed by atoms with Gasteiger partial charge in [-0.15, -0.1) is 0 Å². The predicted octanol–water partition coefficient (Wildman–Crippen LogP) is 3.12. The Morgan fingerprint density at radius 1 is 1.11 bits per heavy atom. The molecule has 7 heteroatoms. The molecule has 1 amide bonds. The molecule has 0 atom stereocenters. The summed E-state index contributed by atoms with van der Waals surface area (Å²) in [5.74, 6) is 0.313. The van der Waals surface area contributed by atoms with E-state index in [1.165, 1.54) is 12.1 Å². The van der Waals surface area contributed by atoms with Crippen molar-refractivity contribution in [2.24, 2.45) is 0 Å². The van der Waals surface area contributed by atoms with Gasteiger partial charge in [0.1, 0.15) is 11.5 Å². The van der Waals surface area contributed by atoms with Crippen LogP contribution in [0.4, 0.5) is 16.0 Å². The zero-order chi connectivity index (χ0) is 20.1. The lowest BCUT2D eigenvalue weighted by Gasteiger charge is -2.36. The molecule has 6 nitrogen and oxygen atoms in total. The highest BCUT2D eigenvalue weighted by Gasteiger charge is 2.22. The van der Waals surface area contributed by atoms with Crippen LogP contribution in [0.25, 0.3) is 0 Å². The minimum Gasteiger partial charge on any atom is -0.368 e. The molecule has 1 aromatic carbocycles. The molecule has 0 N–H and O–H groups in total. The second-order valence-electron chi connectivity index (χ2n) is 7.23. The van der Waals surface area contributed by atoms with Crippen LogP contribution in [0.2, 0.25) is 0 Å². The Hall–Kier alpha value is -2.70. The van der Waals surface area contributed by atoms with Gasteiger partial charge in [-0.1, -0.05) is 13.3 Å².